The Balaban J connectivity index is 1.51. The maximum atomic E-state index is 12.5. The number of piperidine rings is 1. The van der Waals surface area contributed by atoms with Gasteiger partial charge in [-0.2, -0.15) is 0 Å². The quantitative estimate of drug-likeness (QED) is 0.586. The second kappa shape index (κ2) is 6.86. The molecule has 0 unspecified atom stereocenters. The fourth-order valence-electron chi connectivity index (χ4n) is 4.14. The van der Waals surface area contributed by atoms with Crippen molar-refractivity contribution in [2.24, 2.45) is 11.7 Å². The Labute approximate surface area is 136 Å². The minimum Gasteiger partial charge on any atom is -0.369 e. The van der Waals surface area contributed by atoms with Crippen LogP contribution < -0.4 is 16.4 Å². The molecule has 0 radical (unpaired) electrons. The van der Waals surface area contributed by atoms with Crippen molar-refractivity contribution in [3.05, 3.63) is 0 Å². The lowest BCUT2D eigenvalue weighted by atomic mass is 9.87. The summed E-state index contributed by atoms with van der Waals surface area (Å²) in [6, 6.07) is 0.379. The van der Waals surface area contributed by atoms with Crippen LogP contribution in [0.25, 0.3) is 0 Å². The summed E-state index contributed by atoms with van der Waals surface area (Å²) in [6.45, 7) is 1.12. The van der Waals surface area contributed by atoms with E-state index in [0.717, 1.165) is 12.8 Å². The molecule has 2 saturated heterocycles. The molecule has 2 heterocycles. The second-order valence-electron chi connectivity index (χ2n) is 7.12. The first-order chi connectivity index (χ1) is 11.0. The number of amides is 3. The highest BCUT2D eigenvalue weighted by Gasteiger charge is 2.41. The van der Waals surface area contributed by atoms with E-state index >= 15 is 0 Å². The van der Waals surface area contributed by atoms with Crippen LogP contribution in [0.4, 0.5) is 0 Å². The molecule has 2 aliphatic heterocycles. The Hall–Kier alpha value is -1.63. The summed E-state index contributed by atoms with van der Waals surface area (Å²) in [4.78, 5) is 37.6. The van der Waals surface area contributed by atoms with Crippen molar-refractivity contribution in [2.45, 2.75) is 63.1 Å². The lowest BCUT2D eigenvalue weighted by molar-refractivity contribution is -0.718. The van der Waals surface area contributed by atoms with Gasteiger partial charge in [0.05, 0.1) is 12.5 Å². The van der Waals surface area contributed by atoms with Gasteiger partial charge in [-0.15, -0.1) is 0 Å². The molecule has 1 aliphatic carbocycles. The predicted molar refractivity (Wildman–Crippen MR) is 83.0 cm³/mol. The number of fused-ring (bicyclic) bond motifs is 1. The standard InChI is InChI=1S/C16H26N4O3/c17-15(22)10-5-7-20(8-6-10)14(21)9-13-16(23)19-12-4-2-1-3-11(12)18-13/h10-13,18H,1-9H2,(H2,17,22)(H,19,23)/p+1/t11-,12+,13+/m0/s1. The third kappa shape index (κ3) is 3.65. The highest BCUT2D eigenvalue weighted by atomic mass is 16.2. The van der Waals surface area contributed by atoms with E-state index < -0.39 is 0 Å². The number of hydrogen-bond acceptors (Lipinski definition) is 3. The predicted octanol–water partition coefficient (Wildman–Crippen LogP) is -1.53. The van der Waals surface area contributed by atoms with Crippen molar-refractivity contribution < 1.29 is 19.7 Å². The molecular weight excluding hydrogens is 296 g/mol. The molecule has 1 saturated carbocycles. The van der Waals surface area contributed by atoms with E-state index in [4.69, 9.17) is 5.73 Å². The van der Waals surface area contributed by atoms with Gasteiger partial charge in [-0.3, -0.25) is 14.4 Å². The lowest BCUT2D eigenvalue weighted by Crippen LogP contribution is -3.03. The molecule has 0 aromatic heterocycles. The van der Waals surface area contributed by atoms with Crippen molar-refractivity contribution in [3.63, 3.8) is 0 Å². The van der Waals surface area contributed by atoms with E-state index in [-0.39, 0.29) is 42.1 Å². The molecule has 3 amide bonds. The molecule has 3 fully saturated rings. The summed E-state index contributed by atoms with van der Waals surface area (Å²) < 4.78 is 0. The SMILES string of the molecule is NC(=O)C1CCN(C(=O)C[C@H]2[NH2+][C@H]3CCCC[C@H]3NC2=O)CC1. The number of nitrogens with zero attached hydrogens (tertiary/aromatic N) is 1. The van der Waals surface area contributed by atoms with Gasteiger partial charge in [-0.1, -0.05) is 6.42 Å². The van der Waals surface area contributed by atoms with Gasteiger partial charge in [0, 0.05) is 25.4 Å². The van der Waals surface area contributed by atoms with Crippen LogP contribution in [0.5, 0.6) is 0 Å². The third-order valence-electron chi connectivity index (χ3n) is 5.61. The normalized spacial score (nSPS) is 32.1. The summed E-state index contributed by atoms with van der Waals surface area (Å²) >= 11 is 0. The molecule has 0 aromatic rings. The van der Waals surface area contributed by atoms with Gasteiger partial charge in [0.25, 0.3) is 5.91 Å². The summed E-state index contributed by atoms with van der Waals surface area (Å²) in [5.74, 6) is -0.390. The molecule has 23 heavy (non-hydrogen) atoms. The molecule has 7 heteroatoms. The molecule has 3 atom stereocenters. The summed E-state index contributed by atoms with van der Waals surface area (Å²) in [6.07, 6.45) is 6.05. The van der Waals surface area contributed by atoms with E-state index in [1.54, 1.807) is 4.90 Å². The Morgan fingerprint density at radius 3 is 2.57 bits per heavy atom. The maximum absolute atomic E-state index is 12.5. The van der Waals surface area contributed by atoms with Gasteiger partial charge in [0.1, 0.15) is 6.04 Å². The minimum absolute atomic E-state index is 0.00600. The largest absolute Gasteiger partial charge is 0.369 e. The van der Waals surface area contributed by atoms with Gasteiger partial charge in [-0.05, 0) is 25.7 Å². The number of nitrogens with one attached hydrogen (secondary N) is 1. The number of carbonyl (C=O) groups excluding carboxylic acids is 3. The monoisotopic (exact) mass is 323 g/mol. The van der Waals surface area contributed by atoms with Gasteiger partial charge in [-0.25, -0.2) is 0 Å². The third-order valence-corrected chi connectivity index (χ3v) is 5.61. The Kier molecular flexibility index (Phi) is 4.84. The van der Waals surface area contributed by atoms with Crippen LogP contribution >= 0.6 is 0 Å². The molecule has 7 nitrogen and oxygen atoms in total. The van der Waals surface area contributed by atoms with Gasteiger partial charge < -0.3 is 21.3 Å². The van der Waals surface area contributed by atoms with Crippen LogP contribution in [0.15, 0.2) is 0 Å². The summed E-state index contributed by atoms with van der Waals surface area (Å²) in [5.41, 5.74) is 5.32. The zero-order valence-corrected chi connectivity index (χ0v) is 13.5. The number of rotatable bonds is 3. The van der Waals surface area contributed by atoms with Crippen LogP contribution in [0, 0.1) is 5.92 Å². The summed E-state index contributed by atoms with van der Waals surface area (Å²) in [7, 11) is 0. The molecule has 128 valence electrons. The highest BCUT2D eigenvalue weighted by Crippen LogP contribution is 2.20. The fraction of sp³-hybridized carbons (Fsp3) is 0.812. The van der Waals surface area contributed by atoms with E-state index in [1.807, 2.05) is 0 Å². The van der Waals surface area contributed by atoms with Gasteiger partial charge in [0.2, 0.25) is 11.8 Å². The molecule has 5 N–H and O–H groups in total. The van der Waals surface area contributed by atoms with Crippen LogP contribution in [0.1, 0.15) is 44.9 Å². The molecule has 0 spiro atoms. The number of primary amides is 1. The number of likely N-dealkylation sites (tertiary alicyclic amines) is 1. The average Bonchev–Trinajstić information content (AvgIpc) is 2.55. The van der Waals surface area contributed by atoms with Crippen LogP contribution in [0.2, 0.25) is 0 Å². The first-order valence-corrected chi connectivity index (χ1v) is 8.77. The maximum Gasteiger partial charge on any atom is 0.279 e. The van der Waals surface area contributed by atoms with Crippen molar-refractivity contribution in [3.8, 4) is 0 Å². The van der Waals surface area contributed by atoms with Gasteiger partial charge >= 0.3 is 0 Å². The first kappa shape index (κ1) is 16.2. The topological polar surface area (TPSA) is 109 Å². The van der Waals surface area contributed by atoms with Crippen LogP contribution in [-0.2, 0) is 14.4 Å². The molecule has 3 aliphatic rings. The number of hydrogen-bond donors (Lipinski definition) is 3. The number of carbonyl (C=O) groups is 3. The fourth-order valence-corrected chi connectivity index (χ4v) is 4.14. The molecule has 0 aromatic carbocycles. The van der Waals surface area contributed by atoms with Crippen LogP contribution in [0.3, 0.4) is 0 Å². The first-order valence-electron chi connectivity index (χ1n) is 8.77. The molecule has 3 rings (SSSR count). The Morgan fingerprint density at radius 2 is 1.87 bits per heavy atom. The Morgan fingerprint density at radius 1 is 1.17 bits per heavy atom. The van der Waals surface area contributed by atoms with Crippen molar-refractivity contribution in [1.29, 1.82) is 0 Å². The smallest absolute Gasteiger partial charge is 0.279 e. The van der Waals surface area contributed by atoms with E-state index in [0.29, 0.717) is 32.0 Å². The Bertz CT molecular complexity index is 488. The van der Waals surface area contributed by atoms with E-state index in [9.17, 15) is 14.4 Å². The number of quaternary nitrogens is 1. The summed E-state index contributed by atoms with van der Waals surface area (Å²) in [5, 5.41) is 5.20. The van der Waals surface area contributed by atoms with Crippen molar-refractivity contribution in [1.82, 2.24) is 10.2 Å². The van der Waals surface area contributed by atoms with Crippen LogP contribution in [-0.4, -0.2) is 53.8 Å². The average molecular weight is 323 g/mol. The lowest BCUT2D eigenvalue weighted by Gasteiger charge is -2.38. The minimum atomic E-state index is -0.310. The molecular formula is C16H27N4O3+. The van der Waals surface area contributed by atoms with Crippen molar-refractivity contribution >= 4 is 17.7 Å². The highest BCUT2D eigenvalue weighted by molar-refractivity contribution is 5.88. The van der Waals surface area contributed by atoms with E-state index in [2.05, 4.69) is 10.6 Å². The number of piperazine rings is 1. The zero-order chi connectivity index (χ0) is 16.4. The number of nitrogens with two attached hydrogens (primary N) is 2. The molecule has 0 bridgehead atoms. The van der Waals surface area contributed by atoms with E-state index in [1.165, 1.54) is 12.8 Å². The van der Waals surface area contributed by atoms with Crippen molar-refractivity contribution in [2.75, 3.05) is 13.1 Å². The van der Waals surface area contributed by atoms with Gasteiger partial charge in [0.15, 0.2) is 6.04 Å². The zero-order valence-electron chi connectivity index (χ0n) is 13.5. The second-order valence-corrected chi connectivity index (χ2v) is 7.12.